The molecule has 0 unspecified atom stereocenters. The summed E-state index contributed by atoms with van der Waals surface area (Å²) < 4.78 is 10.7. The van der Waals surface area contributed by atoms with Crippen molar-refractivity contribution in [2.45, 2.75) is 27.2 Å². The zero-order valence-electron chi connectivity index (χ0n) is 11.9. The van der Waals surface area contributed by atoms with E-state index in [9.17, 15) is 0 Å². The molecule has 1 aromatic carbocycles. The first-order valence-electron chi connectivity index (χ1n) is 6.42. The maximum atomic E-state index is 5.93. The van der Waals surface area contributed by atoms with Gasteiger partial charge in [0.1, 0.15) is 11.5 Å². The van der Waals surface area contributed by atoms with Crippen molar-refractivity contribution in [2.24, 2.45) is 5.92 Å². The number of methoxy groups -OCH3 is 1. The first-order chi connectivity index (χ1) is 9.02. The number of benzene rings is 1. The van der Waals surface area contributed by atoms with Crippen LogP contribution in [0.2, 0.25) is 0 Å². The fourth-order valence-electron chi connectivity index (χ4n) is 2.13. The molecule has 19 heavy (non-hydrogen) atoms. The van der Waals surface area contributed by atoms with Crippen molar-refractivity contribution < 1.29 is 9.26 Å². The van der Waals surface area contributed by atoms with Gasteiger partial charge in [0.15, 0.2) is 5.82 Å². The molecule has 0 amide bonds. The highest BCUT2D eigenvalue weighted by Crippen LogP contribution is 2.34. The number of rotatable bonds is 4. The summed E-state index contributed by atoms with van der Waals surface area (Å²) in [7, 11) is 1.66. The second-order valence-corrected chi connectivity index (χ2v) is 5.15. The molecule has 0 fully saturated rings. The van der Waals surface area contributed by atoms with Crippen LogP contribution in [0.15, 0.2) is 22.7 Å². The van der Waals surface area contributed by atoms with Crippen molar-refractivity contribution in [2.75, 3.05) is 12.8 Å². The number of aromatic nitrogens is 1. The molecule has 0 aliphatic carbocycles. The van der Waals surface area contributed by atoms with Crippen LogP contribution < -0.4 is 10.5 Å². The first-order valence-corrected chi connectivity index (χ1v) is 6.42. The van der Waals surface area contributed by atoms with Crippen LogP contribution in [0, 0.1) is 12.8 Å². The fourth-order valence-corrected chi connectivity index (χ4v) is 2.13. The van der Waals surface area contributed by atoms with Crippen LogP contribution in [0.5, 0.6) is 5.75 Å². The molecule has 1 aromatic heterocycles. The highest BCUT2D eigenvalue weighted by Gasteiger charge is 2.17. The topological polar surface area (TPSA) is 61.3 Å². The molecule has 4 nitrogen and oxygen atoms in total. The summed E-state index contributed by atoms with van der Waals surface area (Å²) in [5.74, 6) is 2.59. The first kappa shape index (κ1) is 13.5. The van der Waals surface area contributed by atoms with Gasteiger partial charge in [-0.05, 0) is 30.0 Å². The lowest BCUT2D eigenvalue weighted by atomic mass is 9.99. The van der Waals surface area contributed by atoms with E-state index in [-0.39, 0.29) is 0 Å². The molecule has 2 aromatic rings. The summed E-state index contributed by atoms with van der Waals surface area (Å²) in [5.41, 5.74) is 8.89. The molecular weight excluding hydrogens is 240 g/mol. The third-order valence-electron chi connectivity index (χ3n) is 3.08. The van der Waals surface area contributed by atoms with Gasteiger partial charge >= 0.3 is 0 Å². The maximum Gasteiger partial charge on any atom is 0.175 e. The number of hydrogen-bond acceptors (Lipinski definition) is 4. The van der Waals surface area contributed by atoms with Crippen LogP contribution in [-0.4, -0.2) is 12.3 Å². The van der Waals surface area contributed by atoms with Gasteiger partial charge in [-0.2, -0.15) is 0 Å². The van der Waals surface area contributed by atoms with Crippen LogP contribution >= 0.6 is 0 Å². The minimum atomic E-state index is 0.432. The Bertz CT molecular complexity index is 574. The van der Waals surface area contributed by atoms with Gasteiger partial charge in [0.05, 0.1) is 12.7 Å². The highest BCUT2D eigenvalue weighted by molar-refractivity contribution is 5.76. The van der Waals surface area contributed by atoms with Crippen LogP contribution in [0.4, 0.5) is 5.82 Å². The van der Waals surface area contributed by atoms with Crippen molar-refractivity contribution >= 4 is 5.82 Å². The molecule has 0 radical (unpaired) electrons. The van der Waals surface area contributed by atoms with Gasteiger partial charge in [0.2, 0.25) is 0 Å². The Morgan fingerprint density at radius 2 is 2.11 bits per heavy atom. The third-order valence-corrected chi connectivity index (χ3v) is 3.08. The van der Waals surface area contributed by atoms with Crippen molar-refractivity contribution in [3.8, 4) is 16.9 Å². The number of hydrogen-bond donors (Lipinski definition) is 1. The fraction of sp³-hybridized carbons (Fsp3) is 0.400. The molecule has 0 atom stereocenters. The molecule has 2 rings (SSSR count). The second kappa shape index (κ2) is 5.34. The molecule has 102 valence electrons. The minimum Gasteiger partial charge on any atom is -0.496 e. The van der Waals surface area contributed by atoms with Crippen molar-refractivity contribution in [1.29, 1.82) is 0 Å². The van der Waals surface area contributed by atoms with Crippen molar-refractivity contribution in [3.05, 3.63) is 29.5 Å². The quantitative estimate of drug-likeness (QED) is 0.914. The molecule has 2 N–H and O–H groups in total. The summed E-state index contributed by atoms with van der Waals surface area (Å²) >= 11 is 0. The van der Waals surface area contributed by atoms with Crippen LogP contribution in [0.25, 0.3) is 11.1 Å². The van der Waals surface area contributed by atoms with Gasteiger partial charge in [0, 0.05) is 6.42 Å². The number of nitrogens with two attached hydrogens (primary N) is 1. The average Bonchev–Trinajstić information content (AvgIpc) is 2.71. The number of anilines is 1. The normalized spacial score (nSPS) is 11.0. The van der Waals surface area contributed by atoms with E-state index in [2.05, 4.69) is 19.0 Å². The van der Waals surface area contributed by atoms with E-state index in [1.54, 1.807) is 7.11 Å². The molecule has 0 aliphatic heterocycles. The predicted molar refractivity (Wildman–Crippen MR) is 76.2 cm³/mol. The Hall–Kier alpha value is -1.97. The molecule has 4 heteroatoms. The van der Waals surface area contributed by atoms with E-state index >= 15 is 0 Å². The van der Waals surface area contributed by atoms with Gasteiger partial charge in [-0.15, -0.1) is 0 Å². The van der Waals surface area contributed by atoms with E-state index in [1.807, 2.05) is 25.1 Å². The number of nitrogens with zero attached hydrogens (tertiary/aromatic N) is 1. The lowest BCUT2D eigenvalue weighted by Crippen LogP contribution is -1.96. The van der Waals surface area contributed by atoms with Gasteiger partial charge in [-0.3, -0.25) is 0 Å². The van der Waals surface area contributed by atoms with Gasteiger partial charge < -0.3 is 15.0 Å². The standard InChI is InChI=1S/C15H20N2O2/c1-9(2)7-13-14(15(16)17-19-13)11-6-5-10(3)12(8-11)18-4/h5-6,8-9H,7H2,1-4H3,(H2,16,17). The van der Waals surface area contributed by atoms with E-state index in [0.717, 1.165) is 34.6 Å². The zero-order valence-corrected chi connectivity index (χ0v) is 11.9. The Morgan fingerprint density at radius 1 is 1.37 bits per heavy atom. The molecule has 0 saturated carbocycles. The Kier molecular flexibility index (Phi) is 3.79. The monoisotopic (exact) mass is 260 g/mol. The van der Waals surface area contributed by atoms with Crippen LogP contribution in [-0.2, 0) is 6.42 Å². The highest BCUT2D eigenvalue weighted by atomic mass is 16.5. The second-order valence-electron chi connectivity index (χ2n) is 5.15. The number of aryl methyl sites for hydroxylation is 1. The van der Waals surface area contributed by atoms with E-state index in [0.29, 0.717) is 11.7 Å². The van der Waals surface area contributed by atoms with Gasteiger partial charge in [-0.25, -0.2) is 0 Å². The number of nitrogen functional groups attached to an aromatic ring is 1. The maximum absolute atomic E-state index is 5.93. The van der Waals surface area contributed by atoms with Crippen LogP contribution in [0.1, 0.15) is 25.2 Å². The molecule has 1 heterocycles. The van der Waals surface area contributed by atoms with Crippen molar-refractivity contribution in [3.63, 3.8) is 0 Å². The van der Waals surface area contributed by atoms with Crippen LogP contribution in [0.3, 0.4) is 0 Å². The molecule has 0 spiro atoms. The molecular formula is C15H20N2O2. The summed E-state index contributed by atoms with van der Waals surface area (Å²) in [5, 5.41) is 3.89. The lowest BCUT2D eigenvalue weighted by molar-refractivity contribution is 0.372. The summed E-state index contributed by atoms with van der Waals surface area (Å²) in [6.07, 6.45) is 0.815. The van der Waals surface area contributed by atoms with E-state index in [1.165, 1.54) is 0 Å². The lowest BCUT2D eigenvalue weighted by Gasteiger charge is -2.09. The number of ether oxygens (including phenoxy) is 1. The molecule has 0 aliphatic rings. The Labute approximate surface area is 113 Å². The van der Waals surface area contributed by atoms with Gasteiger partial charge in [-0.1, -0.05) is 31.1 Å². The predicted octanol–water partition coefficient (Wildman–Crippen LogP) is 3.44. The summed E-state index contributed by atoms with van der Waals surface area (Å²) in [6, 6.07) is 6.01. The third kappa shape index (κ3) is 2.72. The van der Waals surface area contributed by atoms with E-state index < -0.39 is 0 Å². The summed E-state index contributed by atoms with van der Waals surface area (Å²) in [6.45, 7) is 6.28. The smallest absolute Gasteiger partial charge is 0.175 e. The Balaban J connectivity index is 2.49. The largest absolute Gasteiger partial charge is 0.496 e. The molecule has 0 saturated heterocycles. The Morgan fingerprint density at radius 3 is 2.74 bits per heavy atom. The summed E-state index contributed by atoms with van der Waals surface area (Å²) in [4.78, 5) is 0. The van der Waals surface area contributed by atoms with Crippen molar-refractivity contribution in [1.82, 2.24) is 5.16 Å². The SMILES string of the molecule is COc1cc(-c2c(N)noc2CC(C)C)ccc1C. The van der Waals surface area contributed by atoms with E-state index in [4.69, 9.17) is 15.0 Å². The molecule has 0 bridgehead atoms. The average molecular weight is 260 g/mol. The minimum absolute atomic E-state index is 0.432. The van der Waals surface area contributed by atoms with Gasteiger partial charge in [0.25, 0.3) is 0 Å². The zero-order chi connectivity index (χ0) is 14.0.